The van der Waals surface area contributed by atoms with Gasteiger partial charge in [-0.05, 0) is 6.92 Å². The number of methoxy groups -OCH3 is 1. The predicted molar refractivity (Wildman–Crippen MR) is 80.6 cm³/mol. The Bertz CT molecular complexity index is 887. The molecule has 1 aliphatic rings. The smallest absolute Gasteiger partial charge is 0.360 e. The average Bonchev–Trinajstić information content (AvgIpc) is 3.16. The highest BCUT2D eigenvalue weighted by molar-refractivity contribution is 6.25. The molecule has 0 N–H and O–H groups in total. The van der Waals surface area contributed by atoms with E-state index >= 15 is 0 Å². The van der Waals surface area contributed by atoms with Crippen molar-refractivity contribution >= 4 is 17.5 Å². The highest BCUT2D eigenvalue weighted by Gasteiger charge is 2.34. The number of ketones is 2. The Morgan fingerprint density at radius 3 is 2.79 bits per heavy atom. The monoisotopic (exact) mass is 330 g/mol. The number of allylic oxidation sites excluding steroid dienone is 2. The van der Waals surface area contributed by atoms with E-state index in [1.807, 2.05) is 0 Å². The number of hydrogen-bond donors (Lipinski definition) is 0. The number of esters is 1. The lowest BCUT2D eigenvalue weighted by atomic mass is 9.97. The Morgan fingerprint density at radius 2 is 2.12 bits per heavy atom. The van der Waals surface area contributed by atoms with Gasteiger partial charge in [0.2, 0.25) is 17.5 Å². The van der Waals surface area contributed by atoms with Crippen molar-refractivity contribution in [3.63, 3.8) is 0 Å². The van der Waals surface area contributed by atoms with Crippen LogP contribution in [-0.4, -0.2) is 40.8 Å². The van der Waals surface area contributed by atoms with E-state index in [9.17, 15) is 14.4 Å². The topological polar surface area (TPSA) is 101 Å². The molecular weight excluding hydrogens is 316 g/mol. The van der Waals surface area contributed by atoms with Crippen LogP contribution in [-0.2, 0) is 16.5 Å². The number of oxazole rings is 1. The summed E-state index contributed by atoms with van der Waals surface area (Å²) >= 11 is 0. The van der Waals surface area contributed by atoms with Crippen molar-refractivity contribution in [2.75, 3.05) is 13.7 Å². The van der Waals surface area contributed by atoms with Crippen molar-refractivity contribution in [3.05, 3.63) is 41.2 Å². The molecule has 8 nitrogen and oxygen atoms in total. The molecule has 0 amide bonds. The first-order valence-corrected chi connectivity index (χ1v) is 7.15. The Labute approximate surface area is 136 Å². The lowest BCUT2D eigenvalue weighted by molar-refractivity contribution is 0.0519. The zero-order valence-corrected chi connectivity index (χ0v) is 13.3. The zero-order chi connectivity index (χ0) is 17.4. The quantitative estimate of drug-likeness (QED) is 0.787. The summed E-state index contributed by atoms with van der Waals surface area (Å²) in [6.07, 6.45) is 3.84. The summed E-state index contributed by atoms with van der Waals surface area (Å²) in [4.78, 5) is 40.5. The van der Waals surface area contributed by atoms with Crippen molar-refractivity contribution in [3.8, 4) is 11.5 Å². The van der Waals surface area contributed by atoms with E-state index < -0.39 is 11.8 Å². The number of ether oxygens (including phenoxy) is 2. The van der Waals surface area contributed by atoms with Gasteiger partial charge in [-0.3, -0.25) is 9.59 Å². The van der Waals surface area contributed by atoms with Crippen LogP contribution in [0.5, 0.6) is 0 Å². The molecule has 2 aromatic heterocycles. The summed E-state index contributed by atoms with van der Waals surface area (Å²) in [5.74, 6) is -1.44. The summed E-state index contributed by atoms with van der Waals surface area (Å²) in [7, 11) is 2.95. The molecule has 0 saturated heterocycles. The maximum Gasteiger partial charge on any atom is 0.360 e. The van der Waals surface area contributed by atoms with Gasteiger partial charge in [-0.2, -0.15) is 0 Å². The third kappa shape index (κ3) is 2.32. The second kappa shape index (κ2) is 5.80. The predicted octanol–water partition coefficient (Wildman–Crippen LogP) is 1.77. The number of carbonyl (C=O) groups excluding carboxylic acids is 3. The van der Waals surface area contributed by atoms with Gasteiger partial charge >= 0.3 is 5.97 Å². The maximum absolute atomic E-state index is 12.5. The highest BCUT2D eigenvalue weighted by Crippen LogP contribution is 2.32. The first kappa shape index (κ1) is 15.7. The Kier molecular flexibility index (Phi) is 3.80. The minimum absolute atomic E-state index is 0.0125. The fraction of sp³-hybridized carbons (Fsp3) is 0.250. The van der Waals surface area contributed by atoms with Crippen LogP contribution in [0.1, 0.15) is 38.3 Å². The third-order valence-electron chi connectivity index (χ3n) is 3.57. The van der Waals surface area contributed by atoms with Crippen molar-refractivity contribution < 1.29 is 28.3 Å². The standard InChI is InChI=1S/C16H14N2O6/c1-4-23-16(21)9-7-24-15(17-9)8-6-18(2)13-10(19)5-11(22-3)14(20)12(8)13/h5-7H,4H2,1-3H3. The van der Waals surface area contributed by atoms with E-state index in [-0.39, 0.29) is 41.0 Å². The van der Waals surface area contributed by atoms with Crippen molar-refractivity contribution in [1.29, 1.82) is 0 Å². The molecule has 0 bridgehead atoms. The normalized spacial score (nSPS) is 13.5. The van der Waals surface area contributed by atoms with Gasteiger partial charge in [0.15, 0.2) is 11.5 Å². The van der Waals surface area contributed by atoms with Crippen molar-refractivity contribution in [2.24, 2.45) is 7.05 Å². The molecule has 124 valence electrons. The molecular formula is C16H14N2O6. The lowest BCUT2D eigenvalue weighted by Gasteiger charge is -2.12. The lowest BCUT2D eigenvalue weighted by Crippen LogP contribution is -2.19. The fourth-order valence-corrected chi connectivity index (χ4v) is 2.54. The van der Waals surface area contributed by atoms with Crippen LogP contribution in [0.4, 0.5) is 0 Å². The molecule has 0 fully saturated rings. The third-order valence-corrected chi connectivity index (χ3v) is 3.57. The van der Waals surface area contributed by atoms with Crippen LogP contribution >= 0.6 is 0 Å². The van der Waals surface area contributed by atoms with E-state index in [0.717, 1.165) is 12.3 Å². The van der Waals surface area contributed by atoms with Gasteiger partial charge in [-0.15, -0.1) is 0 Å². The number of fused-ring (bicyclic) bond motifs is 1. The number of rotatable bonds is 4. The van der Waals surface area contributed by atoms with Crippen molar-refractivity contribution in [2.45, 2.75) is 6.92 Å². The minimum Gasteiger partial charge on any atom is -0.492 e. The van der Waals surface area contributed by atoms with Crippen LogP contribution in [0.3, 0.4) is 0 Å². The summed E-state index contributed by atoms with van der Waals surface area (Å²) in [5, 5.41) is 0. The Hall–Kier alpha value is -3.16. The number of hydrogen-bond acceptors (Lipinski definition) is 7. The van der Waals surface area contributed by atoms with E-state index in [2.05, 4.69) is 4.98 Å². The van der Waals surface area contributed by atoms with Crippen LogP contribution in [0, 0.1) is 0 Å². The molecule has 1 aliphatic carbocycles. The molecule has 0 radical (unpaired) electrons. The van der Waals surface area contributed by atoms with Crippen LogP contribution < -0.4 is 0 Å². The molecule has 0 saturated carbocycles. The number of nitrogens with zero attached hydrogens (tertiary/aromatic N) is 2. The Balaban J connectivity index is 2.10. The van der Waals surface area contributed by atoms with Gasteiger partial charge in [0.25, 0.3) is 0 Å². The molecule has 0 spiro atoms. The SMILES string of the molecule is CCOC(=O)c1coc(-c2cn(C)c3c2C(=O)C(OC)=CC3=O)n1. The summed E-state index contributed by atoms with van der Waals surface area (Å²) in [6.45, 7) is 1.88. The highest BCUT2D eigenvalue weighted by atomic mass is 16.5. The molecule has 8 heteroatoms. The Morgan fingerprint density at radius 1 is 1.38 bits per heavy atom. The van der Waals surface area contributed by atoms with Gasteiger partial charge in [0.1, 0.15) is 12.0 Å². The number of carbonyl (C=O) groups is 3. The molecule has 0 aromatic carbocycles. The summed E-state index contributed by atoms with van der Waals surface area (Å²) in [6, 6.07) is 0. The van der Waals surface area contributed by atoms with Crippen LogP contribution in [0.2, 0.25) is 0 Å². The number of Topliss-reactive ketones (excluding diaryl/α,β-unsaturated/α-hetero) is 1. The average molecular weight is 330 g/mol. The zero-order valence-electron chi connectivity index (χ0n) is 13.3. The van der Waals surface area contributed by atoms with Crippen LogP contribution in [0.25, 0.3) is 11.5 Å². The molecule has 2 aromatic rings. The molecule has 24 heavy (non-hydrogen) atoms. The van der Waals surface area contributed by atoms with Crippen molar-refractivity contribution in [1.82, 2.24) is 9.55 Å². The first-order valence-electron chi connectivity index (χ1n) is 7.15. The summed E-state index contributed by atoms with van der Waals surface area (Å²) in [5.41, 5.74) is 0.649. The van der Waals surface area contributed by atoms with E-state index in [0.29, 0.717) is 5.56 Å². The number of aromatic nitrogens is 2. The van der Waals surface area contributed by atoms with Gasteiger partial charge in [-0.25, -0.2) is 9.78 Å². The van der Waals surface area contributed by atoms with E-state index in [4.69, 9.17) is 13.9 Å². The van der Waals surface area contributed by atoms with E-state index in [1.165, 1.54) is 11.7 Å². The van der Waals surface area contributed by atoms with Gasteiger partial charge in [-0.1, -0.05) is 0 Å². The molecule has 0 unspecified atom stereocenters. The van der Waals surface area contributed by atoms with E-state index in [1.54, 1.807) is 20.2 Å². The maximum atomic E-state index is 12.5. The summed E-state index contributed by atoms with van der Waals surface area (Å²) < 4.78 is 16.6. The van der Waals surface area contributed by atoms with Gasteiger partial charge in [0, 0.05) is 19.3 Å². The van der Waals surface area contributed by atoms with Gasteiger partial charge < -0.3 is 18.5 Å². The second-order valence-corrected chi connectivity index (χ2v) is 5.04. The molecule has 0 atom stereocenters. The largest absolute Gasteiger partial charge is 0.492 e. The van der Waals surface area contributed by atoms with Crippen LogP contribution in [0.15, 0.2) is 28.7 Å². The molecule has 3 rings (SSSR count). The minimum atomic E-state index is -0.628. The van der Waals surface area contributed by atoms with Gasteiger partial charge in [0.05, 0.1) is 24.8 Å². The first-order chi connectivity index (χ1) is 11.5. The fourth-order valence-electron chi connectivity index (χ4n) is 2.54. The molecule has 2 heterocycles. The molecule has 0 aliphatic heterocycles. The number of aryl methyl sites for hydroxylation is 1. The second-order valence-electron chi connectivity index (χ2n) is 5.04.